The van der Waals surface area contributed by atoms with E-state index in [1.54, 1.807) is 13.2 Å². The van der Waals surface area contributed by atoms with Gasteiger partial charge < -0.3 is 10.1 Å². The van der Waals surface area contributed by atoms with E-state index in [1.807, 2.05) is 0 Å². The Labute approximate surface area is 152 Å². The Hall–Kier alpha value is -2.49. The molecule has 0 aliphatic heterocycles. The van der Waals surface area contributed by atoms with E-state index in [0.29, 0.717) is 22.1 Å². The summed E-state index contributed by atoms with van der Waals surface area (Å²) in [4.78, 5) is 17.1. The lowest BCUT2D eigenvalue weighted by Crippen LogP contribution is -2.17. The van der Waals surface area contributed by atoms with E-state index in [9.17, 15) is 10.1 Å². The van der Waals surface area contributed by atoms with Crippen LogP contribution in [0.3, 0.4) is 0 Å². The van der Waals surface area contributed by atoms with Crippen LogP contribution in [0.4, 0.5) is 5.00 Å². The van der Waals surface area contributed by atoms with Crippen LogP contribution in [-0.4, -0.2) is 25.8 Å². The lowest BCUT2D eigenvalue weighted by molar-refractivity contribution is -0.111. The number of anilines is 1. The van der Waals surface area contributed by atoms with Crippen molar-refractivity contribution in [2.75, 3.05) is 19.0 Å². The zero-order chi connectivity index (χ0) is 18.2. The zero-order valence-electron chi connectivity index (χ0n) is 14.2. The molecule has 0 saturated heterocycles. The number of carbonyl (C=O) groups excluding carboxylic acids is 1. The van der Waals surface area contributed by atoms with Crippen LogP contribution in [-0.2, 0) is 22.4 Å². The van der Waals surface area contributed by atoms with Crippen LogP contribution in [0.1, 0.15) is 22.4 Å². The highest BCUT2D eigenvalue weighted by molar-refractivity contribution is 7.16. The molecule has 1 unspecified atom stereocenters. The van der Waals surface area contributed by atoms with Gasteiger partial charge in [0, 0.05) is 37.1 Å². The number of hydrogen-bond donors (Lipinski definition) is 1. The van der Waals surface area contributed by atoms with E-state index in [-0.39, 0.29) is 5.91 Å². The van der Waals surface area contributed by atoms with Crippen LogP contribution < -0.4 is 5.32 Å². The average Bonchev–Trinajstić information content (AvgIpc) is 2.94. The van der Waals surface area contributed by atoms with Crippen LogP contribution >= 0.6 is 11.3 Å². The van der Waals surface area contributed by atoms with Gasteiger partial charge >= 0.3 is 0 Å². The van der Waals surface area contributed by atoms with Gasteiger partial charge in [0.05, 0.1) is 5.56 Å². The van der Waals surface area contributed by atoms with Gasteiger partial charge in [-0.3, -0.25) is 9.79 Å². The fraction of sp³-hybridized carbons (Fsp3) is 0.316. The molecule has 1 N–H and O–H groups in total. The van der Waals surface area contributed by atoms with Crippen molar-refractivity contribution in [1.82, 2.24) is 0 Å². The third-order valence-corrected chi connectivity index (χ3v) is 5.08. The first kappa shape index (κ1) is 18.8. The van der Waals surface area contributed by atoms with Crippen molar-refractivity contribution in [3.8, 4) is 6.07 Å². The lowest BCUT2D eigenvalue weighted by Gasteiger charge is -2.21. The molecule has 25 heavy (non-hydrogen) atoms. The van der Waals surface area contributed by atoms with Crippen LogP contribution in [0.25, 0.3) is 0 Å². The summed E-state index contributed by atoms with van der Waals surface area (Å²) in [6.45, 7) is 7.95. The molecule has 0 fully saturated rings. The molecular formula is C19H21N3O2S. The first-order chi connectivity index (χ1) is 12.1. The Bertz CT molecular complexity index is 768. The second-order valence-electron chi connectivity index (χ2n) is 5.74. The first-order valence-corrected chi connectivity index (χ1v) is 8.76. The van der Waals surface area contributed by atoms with Gasteiger partial charge in [0.25, 0.3) is 0 Å². The summed E-state index contributed by atoms with van der Waals surface area (Å²) in [5, 5.41) is 12.9. The highest BCUT2D eigenvalue weighted by Gasteiger charge is 2.26. The summed E-state index contributed by atoms with van der Waals surface area (Å²) in [6.07, 6.45) is 8.60. The molecule has 0 aromatic carbocycles. The molecule has 1 aromatic rings. The Kier molecular flexibility index (Phi) is 6.87. The van der Waals surface area contributed by atoms with Crippen molar-refractivity contribution < 1.29 is 9.53 Å². The van der Waals surface area contributed by atoms with Crippen molar-refractivity contribution >= 4 is 28.5 Å². The number of nitrogens with zero attached hydrogens (tertiary/aromatic N) is 2. The Morgan fingerprint density at radius 3 is 3.04 bits per heavy atom. The standard InChI is InChI=1S/C19H21N3O2S/c1-4-21-11-13(2)5-8-18(23)22-19-16(10-20)15-7-6-14(12-24-3)9-17(15)25-19/h4-5,8,11,14H,1-2,6-7,9,12H2,3H3,(H,22,23)/b8-5+,21-11?. The highest BCUT2D eigenvalue weighted by Crippen LogP contribution is 2.39. The smallest absolute Gasteiger partial charge is 0.249 e. The number of nitrogens with one attached hydrogen (secondary N) is 1. The molecule has 1 aliphatic rings. The summed E-state index contributed by atoms with van der Waals surface area (Å²) in [7, 11) is 1.70. The first-order valence-electron chi connectivity index (χ1n) is 7.94. The van der Waals surface area contributed by atoms with E-state index >= 15 is 0 Å². The van der Waals surface area contributed by atoms with Gasteiger partial charge in [-0.15, -0.1) is 11.3 Å². The number of carbonyl (C=O) groups is 1. The predicted octanol–water partition coefficient (Wildman–Crippen LogP) is 3.64. The number of rotatable bonds is 7. The van der Waals surface area contributed by atoms with Crippen LogP contribution in [0, 0.1) is 17.2 Å². The van der Waals surface area contributed by atoms with Crippen LogP contribution in [0.5, 0.6) is 0 Å². The fourth-order valence-corrected chi connectivity index (χ4v) is 4.08. The normalized spacial score (nSPS) is 16.6. The average molecular weight is 355 g/mol. The number of nitriles is 1. The molecule has 5 nitrogen and oxygen atoms in total. The largest absolute Gasteiger partial charge is 0.384 e. The molecular weight excluding hydrogens is 334 g/mol. The minimum Gasteiger partial charge on any atom is -0.384 e. The summed E-state index contributed by atoms with van der Waals surface area (Å²) in [6, 6.07) is 2.24. The third kappa shape index (κ3) is 4.99. The number of amides is 1. The summed E-state index contributed by atoms with van der Waals surface area (Å²) >= 11 is 1.49. The minimum absolute atomic E-state index is 0.295. The van der Waals surface area contributed by atoms with Gasteiger partial charge in [-0.05, 0) is 42.4 Å². The number of hydrogen-bond acceptors (Lipinski definition) is 5. The van der Waals surface area contributed by atoms with Gasteiger partial charge in [0.2, 0.25) is 5.91 Å². The number of ether oxygens (including phenoxy) is 1. The zero-order valence-corrected chi connectivity index (χ0v) is 15.1. The summed E-state index contributed by atoms with van der Waals surface area (Å²) in [5.74, 6) is 0.176. The second kappa shape index (κ2) is 9.11. The molecule has 0 radical (unpaired) electrons. The number of allylic oxidation sites excluding steroid dienone is 2. The maximum atomic E-state index is 12.1. The van der Waals surface area contributed by atoms with Gasteiger partial charge in [0.1, 0.15) is 11.1 Å². The van der Waals surface area contributed by atoms with Gasteiger partial charge in [-0.2, -0.15) is 5.26 Å². The molecule has 1 heterocycles. The monoisotopic (exact) mass is 355 g/mol. The quantitative estimate of drug-likeness (QED) is 0.461. The molecule has 0 saturated carbocycles. The van der Waals surface area contributed by atoms with Crippen molar-refractivity contribution in [1.29, 1.82) is 5.26 Å². The van der Waals surface area contributed by atoms with Crippen molar-refractivity contribution in [3.05, 3.63) is 53.1 Å². The molecule has 0 spiro atoms. The Balaban J connectivity index is 2.10. The highest BCUT2D eigenvalue weighted by atomic mass is 32.1. The van der Waals surface area contributed by atoms with E-state index in [4.69, 9.17) is 4.74 Å². The molecule has 2 rings (SSSR count). The number of methoxy groups -OCH3 is 1. The second-order valence-corrected chi connectivity index (χ2v) is 6.85. The molecule has 1 amide bonds. The maximum Gasteiger partial charge on any atom is 0.249 e. The van der Waals surface area contributed by atoms with Crippen molar-refractivity contribution in [2.24, 2.45) is 10.9 Å². The minimum atomic E-state index is -0.295. The molecule has 130 valence electrons. The van der Waals surface area contributed by atoms with Crippen LogP contribution in [0.15, 0.2) is 42.1 Å². The summed E-state index contributed by atoms with van der Waals surface area (Å²) < 4.78 is 5.24. The molecule has 1 aliphatic carbocycles. The molecule has 6 heteroatoms. The lowest BCUT2D eigenvalue weighted by atomic mass is 9.88. The number of fused-ring (bicyclic) bond motifs is 1. The third-order valence-electron chi connectivity index (χ3n) is 3.91. The fourth-order valence-electron chi connectivity index (χ4n) is 2.77. The molecule has 1 atom stereocenters. The Morgan fingerprint density at radius 1 is 1.56 bits per heavy atom. The van der Waals surface area contributed by atoms with Crippen molar-refractivity contribution in [3.63, 3.8) is 0 Å². The van der Waals surface area contributed by atoms with E-state index in [2.05, 4.69) is 29.5 Å². The number of thiophene rings is 1. The van der Waals surface area contributed by atoms with Crippen molar-refractivity contribution in [2.45, 2.75) is 19.3 Å². The molecule has 0 bridgehead atoms. The van der Waals surface area contributed by atoms with Gasteiger partial charge in [-0.25, -0.2) is 0 Å². The van der Waals surface area contributed by atoms with E-state index in [0.717, 1.165) is 31.4 Å². The maximum absolute atomic E-state index is 12.1. The molecule has 1 aromatic heterocycles. The van der Waals surface area contributed by atoms with E-state index in [1.165, 1.54) is 34.7 Å². The van der Waals surface area contributed by atoms with E-state index < -0.39 is 0 Å². The SMILES string of the molecule is C=CN=CC(=C)/C=C/C(=O)Nc1sc2c(c1C#N)CCC(COC)C2. The predicted molar refractivity (Wildman–Crippen MR) is 102 cm³/mol. The van der Waals surface area contributed by atoms with Gasteiger partial charge in [0.15, 0.2) is 0 Å². The number of aliphatic imine (C=N–C) groups is 1. The van der Waals surface area contributed by atoms with Crippen LogP contribution in [0.2, 0.25) is 0 Å². The van der Waals surface area contributed by atoms with Gasteiger partial charge in [-0.1, -0.05) is 13.2 Å². The topological polar surface area (TPSA) is 74.5 Å². The Morgan fingerprint density at radius 2 is 2.36 bits per heavy atom. The summed E-state index contributed by atoms with van der Waals surface area (Å²) in [5.41, 5.74) is 2.25.